The van der Waals surface area contributed by atoms with E-state index >= 15 is 0 Å². The normalized spacial score (nSPS) is 15.0. The third-order valence-corrected chi connectivity index (χ3v) is 4.05. The van der Waals surface area contributed by atoms with Crippen LogP contribution in [0.1, 0.15) is 35.2 Å². The van der Waals surface area contributed by atoms with E-state index in [9.17, 15) is 0 Å². The first kappa shape index (κ1) is 11.0. The molecule has 17 heavy (non-hydrogen) atoms. The molecule has 0 atom stereocenters. The zero-order valence-corrected chi connectivity index (χ0v) is 11.1. The molecular weight excluding hydrogens is 230 g/mol. The van der Waals surface area contributed by atoms with Crippen LogP contribution in [-0.4, -0.2) is 4.98 Å². The molecule has 1 aromatic heterocycles. The third-order valence-electron chi connectivity index (χ3n) is 3.64. The summed E-state index contributed by atoms with van der Waals surface area (Å²) in [6.07, 6.45) is 4.65. The van der Waals surface area contributed by atoms with Crippen molar-refractivity contribution in [2.45, 2.75) is 39.5 Å². The molecule has 1 aliphatic rings. The van der Waals surface area contributed by atoms with E-state index in [0.717, 1.165) is 28.8 Å². The van der Waals surface area contributed by atoms with Crippen LogP contribution in [0, 0.1) is 13.8 Å². The van der Waals surface area contributed by atoms with Crippen LogP contribution in [0.2, 0.25) is 5.02 Å². The van der Waals surface area contributed by atoms with Gasteiger partial charge in [0.15, 0.2) is 0 Å². The summed E-state index contributed by atoms with van der Waals surface area (Å²) in [6.45, 7) is 4.24. The molecule has 1 aliphatic carbocycles. The second-order valence-corrected chi connectivity index (χ2v) is 5.41. The highest BCUT2D eigenvalue weighted by molar-refractivity contribution is 6.36. The molecule has 1 nitrogen and oxygen atoms in total. The van der Waals surface area contributed by atoms with Gasteiger partial charge in [-0.15, -0.1) is 0 Å². The quantitative estimate of drug-likeness (QED) is 0.671. The Labute approximate surface area is 107 Å². The minimum atomic E-state index is 0.946. The minimum absolute atomic E-state index is 0.946. The van der Waals surface area contributed by atoms with Crippen LogP contribution in [0.5, 0.6) is 0 Å². The Bertz CT molecular complexity index is 602. The van der Waals surface area contributed by atoms with E-state index in [4.69, 9.17) is 16.6 Å². The highest BCUT2D eigenvalue weighted by Gasteiger charge is 2.17. The molecule has 88 valence electrons. The highest BCUT2D eigenvalue weighted by atomic mass is 35.5. The summed E-state index contributed by atoms with van der Waals surface area (Å²) in [6, 6.07) is 4.33. The Morgan fingerprint density at radius 1 is 1.12 bits per heavy atom. The van der Waals surface area contributed by atoms with Crippen LogP contribution >= 0.6 is 11.6 Å². The summed E-state index contributed by atoms with van der Waals surface area (Å²) in [5.74, 6) is 0. The van der Waals surface area contributed by atoms with Gasteiger partial charge in [-0.1, -0.05) is 17.7 Å². The van der Waals surface area contributed by atoms with Gasteiger partial charge in [-0.3, -0.25) is 4.98 Å². The lowest BCUT2D eigenvalue weighted by Crippen LogP contribution is -2.07. The Morgan fingerprint density at radius 3 is 2.71 bits per heavy atom. The molecule has 1 aromatic carbocycles. The smallest absolute Gasteiger partial charge is 0.0725 e. The number of fused-ring (bicyclic) bond motifs is 2. The second kappa shape index (κ2) is 3.99. The molecule has 3 rings (SSSR count). The molecule has 0 saturated carbocycles. The topological polar surface area (TPSA) is 12.9 Å². The van der Waals surface area contributed by atoms with Crippen molar-refractivity contribution in [2.75, 3.05) is 0 Å². The summed E-state index contributed by atoms with van der Waals surface area (Å²) < 4.78 is 0. The summed E-state index contributed by atoms with van der Waals surface area (Å²) in [5, 5.41) is 2.10. The van der Waals surface area contributed by atoms with Crippen molar-refractivity contribution in [1.29, 1.82) is 0 Å². The van der Waals surface area contributed by atoms with E-state index in [2.05, 4.69) is 26.0 Å². The van der Waals surface area contributed by atoms with Gasteiger partial charge < -0.3 is 0 Å². The highest BCUT2D eigenvalue weighted by Crippen LogP contribution is 2.34. The van der Waals surface area contributed by atoms with Crippen LogP contribution < -0.4 is 0 Å². The average molecular weight is 246 g/mol. The number of nitrogens with zero attached hydrogens (tertiary/aromatic N) is 1. The fourth-order valence-corrected chi connectivity index (χ4v) is 3.31. The van der Waals surface area contributed by atoms with Crippen molar-refractivity contribution in [1.82, 2.24) is 4.98 Å². The van der Waals surface area contributed by atoms with Gasteiger partial charge in [-0.2, -0.15) is 0 Å². The van der Waals surface area contributed by atoms with Crippen molar-refractivity contribution >= 4 is 22.5 Å². The monoisotopic (exact) mass is 245 g/mol. The number of pyridine rings is 1. The van der Waals surface area contributed by atoms with Gasteiger partial charge >= 0.3 is 0 Å². The number of benzene rings is 1. The summed E-state index contributed by atoms with van der Waals surface area (Å²) in [4.78, 5) is 4.81. The molecule has 0 bridgehead atoms. The van der Waals surface area contributed by atoms with Gasteiger partial charge in [0, 0.05) is 11.1 Å². The maximum Gasteiger partial charge on any atom is 0.0725 e. The van der Waals surface area contributed by atoms with Gasteiger partial charge in [-0.25, -0.2) is 0 Å². The predicted octanol–water partition coefficient (Wildman–Crippen LogP) is 4.38. The number of halogens is 1. The van der Waals surface area contributed by atoms with E-state index in [1.807, 2.05) is 0 Å². The van der Waals surface area contributed by atoms with Crippen LogP contribution in [0.15, 0.2) is 12.1 Å². The average Bonchev–Trinajstić information content (AvgIpc) is 2.28. The number of rotatable bonds is 0. The van der Waals surface area contributed by atoms with Gasteiger partial charge in [0.05, 0.1) is 10.5 Å². The zero-order chi connectivity index (χ0) is 12.0. The first-order valence-corrected chi connectivity index (χ1v) is 6.63. The predicted molar refractivity (Wildman–Crippen MR) is 72.9 cm³/mol. The van der Waals surface area contributed by atoms with Crippen LogP contribution in [-0.2, 0) is 12.8 Å². The van der Waals surface area contributed by atoms with Crippen LogP contribution in [0.4, 0.5) is 0 Å². The second-order valence-electron chi connectivity index (χ2n) is 5.03. The first-order valence-electron chi connectivity index (χ1n) is 6.25. The fourth-order valence-electron chi connectivity index (χ4n) is 2.86. The van der Waals surface area contributed by atoms with E-state index in [-0.39, 0.29) is 0 Å². The largest absolute Gasteiger partial charge is 0.252 e. The van der Waals surface area contributed by atoms with E-state index in [0.29, 0.717) is 0 Å². The summed E-state index contributed by atoms with van der Waals surface area (Å²) >= 11 is 6.58. The van der Waals surface area contributed by atoms with Gasteiger partial charge in [0.1, 0.15) is 0 Å². The Hall–Kier alpha value is -1.08. The molecule has 0 fully saturated rings. The number of hydrogen-bond acceptors (Lipinski definition) is 1. The third kappa shape index (κ3) is 1.73. The standard InChI is InChI=1S/C15H16ClN/c1-9-7-10(2)14-13(8-9)17-12-6-4-3-5-11(12)15(14)16/h7-8H,3-6H2,1-2H3. The molecule has 0 unspecified atom stereocenters. The number of aromatic nitrogens is 1. The van der Waals surface area contributed by atoms with E-state index in [1.165, 1.54) is 35.2 Å². The molecule has 0 amide bonds. The van der Waals surface area contributed by atoms with Gasteiger partial charge in [0.2, 0.25) is 0 Å². The van der Waals surface area contributed by atoms with Crippen molar-refractivity contribution in [3.63, 3.8) is 0 Å². The molecule has 0 N–H and O–H groups in total. The molecule has 1 heterocycles. The fraction of sp³-hybridized carbons (Fsp3) is 0.400. The molecule has 2 aromatic rings. The van der Waals surface area contributed by atoms with Crippen molar-refractivity contribution in [3.8, 4) is 0 Å². The number of aryl methyl sites for hydroxylation is 3. The molecular formula is C15H16ClN. The molecule has 0 radical (unpaired) electrons. The van der Waals surface area contributed by atoms with Gasteiger partial charge in [0.25, 0.3) is 0 Å². The lowest BCUT2D eigenvalue weighted by molar-refractivity contribution is 0.671. The Kier molecular flexibility index (Phi) is 2.59. The zero-order valence-electron chi connectivity index (χ0n) is 10.3. The Morgan fingerprint density at radius 2 is 1.88 bits per heavy atom. The van der Waals surface area contributed by atoms with Gasteiger partial charge in [-0.05, 0) is 62.3 Å². The number of hydrogen-bond donors (Lipinski definition) is 0. The van der Waals surface area contributed by atoms with Crippen molar-refractivity contribution < 1.29 is 0 Å². The molecule has 0 spiro atoms. The van der Waals surface area contributed by atoms with E-state index in [1.54, 1.807) is 0 Å². The minimum Gasteiger partial charge on any atom is -0.252 e. The van der Waals surface area contributed by atoms with E-state index < -0.39 is 0 Å². The SMILES string of the molecule is Cc1cc(C)c2c(Cl)c3c(nc2c1)CCCC3. The summed E-state index contributed by atoms with van der Waals surface area (Å²) in [5.41, 5.74) is 6.07. The maximum atomic E-state index is 6.58. The van der Waals surface area contributed by atoms with Crippen molar-refractivity contribution in [2.24, 2.45) is 0 Å². The summed E-state index contributed by atoms with van der Waals surface area (Å²) in [7, 11) is 0. The lowest BCUT2D eigenvalue weighted by atomic mass is 9.93. The Balaban J connectivity index is 2.40. The maximum absolute atomic E-state index is 6.58. The molecule has 0 aliphatic heterocycles. The first-order chi connectivity index (χ1) is 8.16. The molecule has 0 saturated heterocycles. The van der Waals surface area contributed by atoms with Crippen molar-refractivity contribution in [3.05, 3.63) is 39.5 Å². The van der Waals surface area contributed by atoms with Crippen LogP contribution in [0.25, 0.3) is 10.9 Å². The lowest BCUT2D eigenvalue weighted by Gasteiger charge is -2.18. The van der Waals surface area contributed by atoms with Crippen LogP contribution in [0.3, 0.4) is 0 Å². The molecule has 2 heteroatoms.